The molecule has 2 N–H and O–H groups in total. The van der Waals surface area contributed by atoms with Gasteiger partial charge in [0, 0.05) is 5.54 Å². The average Bonchev–Trinajstić information content (AvgIpc) is 2.54. The van der Waals surface area contributed by atoms with E-state index in [1.54, 1.807) is 0 Å². The molecular formula is C14H30N2O. The largest absolute Gasteiger partial charge is 0.394 e. The molecule has 1 saturated heterocycles. The monoisotopic (exact) mass is 242 g/mol. The van der Waals surface area contributed by atoms with Crippen molar-refractivity contribution >= 4 is 0 Å². The van der Waals surface area contributed by atoms with Gasteiger partial charge in [0.15, 0.2) is 0 Å². The van der Waals surface area contributed by atoms with E-state index in [1.165, 1.54) is 45.3 Å². The van der Waals surface area contributed by atoms with Crippen LogP contribution >= 0.6 is 0 Å². The fourth-order valence-electron chi connectivity index (χ4n) is 2.52. The Morgan fingerprint density at radius 2 is 2.12 bits per heavy atom. The predicted molar refractivity (Wildman–Crippen MR) is 73.2 cm³/mol. The van der Waals surface area contributed by atoms with Crippen molar-refractivity contribution in [2.45, 2.75) is 51.5 Å². The first kappa shape index (κ1) is 14.9. The van der Waals surface area contributed by atoms with Crippen molar-refractivity contribution in [1.82, 2.24) is 10.2 Å². The lowest BCUT2D eigenvalue weighted by Crippen LogP contribution is -2.44. The Labute approximate surface area is 107 Å². The molecule has 1 heterocycles. The first-order valence-electron chi connectivity index (χ1n) is 7.12. The van der Waals surface area contributed by atoms with Crippen molar-refractivity contribution in [3.05, 3.63) is 0 Å². The van der Waals surface area contributed by atoms with Gasteiger partial charge >= 0.3 is 0 Å². The highest BCUT2D eigenvalue weighted by Crippen LogP contribution is 2.18. The van der Waals surface area contributed by atoms with Gasteiger partial charge in [0.05, 0.1) is 6.61 Å². The number of likely N-dealkylation sites (N-methyl/N-ethyl adjacent to an activating group) is 1. The molecule has 0 aromatic carbocycles. The first-order chi connectivity index (χ1) is 8.09. The van der Waals surface area contributed by atoms with Crippen LogP contribution in [0.4, 0.5) is 0 Å². The van der Waals surface area contributed by atoms with Crippen LogP contribution in [0.15, 0.2) is 0 Å². The summed E-state index contributed by atoms with van der Waals surface area (Å²) >= 11 is 0. The molecule has 0 aromatic rings. The third kappa shape index (κ3) is 5.36. The fraction of sp³-hybridized carbons (Fsp3) is 1.00. The zero-order valence-electron chi connectivity index (χ0n) is 11.8. The topological polar surface area (TPSA) is 35.5 Å². The number of aliphatic hydroxyl groups excluding tert-OH is 1. The number of nitrogens with one attached hydrogen (secondary N) is 1. The van der Waals surface area contributed by atoms with Gasteiger partial charge in [-0.2, -0.15) is 0 Å². The predicted octanol–water partition coefficient (Wildman–Crippen LogP) is 1.86. The summed E-state index contributed by atoms with van der Waals surface area (Å²) in [6.45, 7) is 8.39. The molecule has 17 heavy (non-hydrogen) atoms. The summed E-state index contributed by atoms with van der Waals surface area (Å²) in [5.41, 5.74) is -0.0981. The zero-order chi connectivity index (χ0) is 12.7. The van der Waals surface area contributed by atoms with Gasteiger partial charge in [-0.15, -0.1) is 0 Å². The van der Waals surface area contributed by atoms with Crippen LogP contribution in [0.2, 0.25) is 0 Å². The van der Waals surface area contributed by atoms with Gasteiger partial charge in [0.1, 0.15) is 0 Å². The van der Waals surface area contributed by atoms with E-state index >= 15 is 0 Å². The second-order valence-electron chi connectivity index (χ2n) is 5.95. The smallest absolute Gasteiger partial charge is 0.0610 e. The zero-order valence-corrected chi connectivity index (χ0v) is 11.8. The molecule has 1 aliphatic heterocycles. The minimum absolute atomic E-state index is 0.0981. The van der Waals surface area contributed by atoms with Crippen LogP contribution in [-0.4, -0.2) is 48.8 Å². The van der Waals surface area contributed by atoms with E-state index in [0.29, 0.717) is 0 Å². The van der Waals surface area contributed by atoms with Crippen molar-refractivity contribution in [1.29, 1.82) is 0 Å². The number of hydrogen-bond donors (Lipinski definition) is 2. The van der Waals surface area contributed by atoms with Crippen LogP contribution in [0.25, 0.3) is 0 Å². The van der Waals surface area contributed by atoms with Crippen molar-refractivity contribution in [3.8, 4) is 0 Å². The third-order valence-corrected chi connectivity index (χ3v) is 4.26. The lowest BCUT2D eigenvalue weighted by Gasteiger charge is -2.28. The van der Waals surface area contributed by atoms with Gasteiger partial charge in [-0.1, -0.05) is 6.92 Å². The summed E-state index contributed by atoms with van der Waals surface area (Å²) in [5.74, 6) is 0.903. The molecule has 3 heteroatoms. The molecule has 0 bridgehead atoms. The second kappa shape index (κ2) is 7.34. The van der Waals surface area contributed by atoms with E-state index in [-0.39, 0.29) is 12.1 Å². The Hall–Kier alpha value is -0.120. The highest BCUT2D eigenvalue weighted by Gasteiger charge is 2.21. The Morgan fingerprint density at radius 3 is 2.76 bits per heavy atom. The Balaban J connectivity index is 2.21. The maximum atomic E-state index is 9.33. The molecule has 0 saturated carbocycles. The van der Waals surface area contributed by atoms with Crippen molar-refractivity contribution in [3.63, 3.8) is 0 Å². The molecule has 0 radical (unpaired) electrons. The van der Waals surface area contributed by atoms with E-state index in [0.717, 1.165) is 12.3 Å². The summed E-state index contributed by atoms with van der Waals surface area (Å²) in [7, 11) is 1.93. The number of likely N-dealkylation sites (tertiary alicyclic amines) is 1. The highest BCUT2D eigenvalue weighted by atomic mass is 16.3. The van der Waals surface area contributed by atoms with Crippen LogP contribution in [0, 0.1) is 5.92 Å². The van der Waals surface area contributed by atoms with Crippen LogP contribution in [0.1, 0.15) is 46.0 Å². The van der Waals surface area contributed by atoms with Crippen LogP contribution in [-0.2, 0) is 0 Å². The van der Waals surface area contributed by atoms with Gasteiger partial charge in [-0.25, -0.2) is 0 Å². The van der Waals surface area contributed by atoms with E-state index in [4.69, 9.17) is 0 Å². The number of hydrogen-bond acceptors (Lipinski definition) is 3. The van der Waals surface area contributed by atoms with E-state index < -0.39 is 0 Å². The number of aliphatic hydroxyl groups is 1. The molecule has 1 fully saturated rings. The SMILES string of the molecule is CNC(C)(CO)CCCN1CCCC(C)CC1. The minimum atomic E-state index is -0.0981. The standard InChI is InChI=1S/C14H30N2O/c1-13-6-4-9-16(11-7-13)10-5-8-14(2,12-17)15-3/h13,15,17H,4-12H2,1-3H3. The van der Waals surface area contributed by atoms with Crippen LogP contribution < -0.4 is 5.32 Å². The first-order valence-corrected chi connectivity index (χ1v) is 7.12. The van der Waals surface area contributed by atoms with Gasteiger partial charge in [-0.05, 0) is 71.6 Å². The lowest BCUT2D eigenvalue weighted by atomic mass is 9.97. The molecule has 102 valence electrons. The Bertz CT molecular complexity index is 204. The molecule has 0 spiro atoms. The molecule has 0 aromatic heterocycles. The highest BCUT2D eigenvalue weighted by molar-refractivity contribution is 4.81. The Morgan fingerprint density at radius 1 is 1.35 bits per heavy atom. The molecule has 1 rings (SSSR count). The second-order valence-corrected chi connectivity index (χ2v) is 5.95. The van der Waals surface area contributed by atoms with Crippen molar-refractivity contribution in [2.75, 3.05) is 33.3 Å². The molecular weight excluding hydrogens is 212 g/mol. The van der Waals surface area contributed by atoms with Gasteiger partial charge in [-0.3, -0.25) is 0 Å². The molecule has 0 aliphatic carbocycles. The molecule has 2 atom stereocenters. The van der Waals surface area contributed by atoms with Crippen LogP contribution in [0.3, 0.4) is 0 Å². The summed E-state index contributed by atoms with van der Waals surface area (Å²) in [4.78, 5) is 2.59. The van der Waals surface area contributed by atoms with Crippen molar-refractivity contribution < 1.29 is 5.11 Å². The quantitative estimate of drug-likeness (QED) is 0.746. The number of nitrogens with zero attached hydrogens (tertiary/aromatic N) is 1. The maximum Gasteiger partial charge on any atom is 0.0610 e. The summed E-state index contributed by atoms with van der Waals surface area (Å²) in [5, 5.41) is 12.5. The number of rotatable bonds is 6. The molecule has 1 aliphatic rings. The molecule has 3 nitrogen and oxygen atoms in total. The van der Waals surface area contributed by atoms with Crippen LogP contribution in [0.5, 0.6) is 0 Å². The summed E-state index contributed by atoms with van der Waals surface area (Å²) in [6.07, 6.45) is 6.31. The van der Waals surface area contributed by atoms with E-state index in [1.807, 2.05) is 7.05 Å². The summed E-state index contributed by atoms with van der Waals surface area (Å²) in [6, 6.07) is 0. The van der Waals surface area contributed by atoms with Crippen molar-refractivity contribution in [2.24, 2.45) is 5.92 Å². The lowest BCUT2D eigenvalue weighted by molar-refractivity contribution is 0.164. The minimum Gasteiger partial charge on any atom is -0.394 e. The fourth-order valence-corrected chi connectivity index (χ4v) is 2.52. The molecule has 2 unspecified atom stereocenters. The van der Waals surface area contributed by atoms with Gasteiger partial charge in [0.25, 0.3) is 0 Å². The van der Waals surface area contributed by atoms with E-state index in [2.05, 4.69) is 24.1 Å². The normalized spacial score (nSPS) is 26.5. The third-order valence-electron chi connectivity index (χ3n) is 4.26. The summed E-state index contributed by atoms with van der Waals surface area (Å²) < 4.78 is 0. The van der Waals surface area contributed by atoms with Gasteiger partial charge < -0.3 is 15.3 Å². The molecule has 0 amide bonds. The van der Waals surface area contributed by atoms with E-state index in [9.17, 15) is 5.11 Å². The maximum absolute atomic E-state index is 9.33. The Kier molecular flexibility index (Phi) is 6.45. The average molecular weight is 242 g/mol. The van der Waals surface area contributed by atoms with Gasteiger partial charge in [0.2, 0.25) is 0 Å².